The summed E-state index contributed by atoms with van der Waals surface area (Å²) in [5.74, 6) is -0.0346. The third kappa shape index (κ3) is 3.19. The molecule has 4 nitrogen and oxygen atoms in total. The minimum atomic E-state index is -0.0346. The molecule has 2 bridgehead atoms. The summed E-state index contributed by atoms with van der Waals surface area (Å²) >= 11 is 0. The molecule has 0 aromatic heterocycles. The molecule has 0 spiro atoms. The van der Waals surface area contributed by atoms with Crippen LogP contribution in [0.25, 0.3) is 0 Å². The molecule has 2 aliphatic heterocycles. The molecule has 0 amide bonds. The molecule has 98 valence electrons. The lowest BCUT2D eigenvalue weighted by atomic mass is 10.0. The van der Waals surface area contributed by atoms with Crippen LogP contribution in [0.1, 0.15) is 32.1 Å². The number of carbonyl (C=O) groups is 1. The number of hydrogen-bond donors (Lipinski definition) is 0. The van der Waals surface area contributed by atoms with Gasteiger partial charge in [-0.25, -0.2) is 0 Å². The van der Waals surface area contributed by atoms with Crippen molar-refractivity contribution in [1.82, 2.24) is 9.80 Å². The zero-order valence-corrected chi connectivity index (χ0v) is 11.2. The molecule has 3 atom stereocenters. The van der Waals surface area contributed by atoms with Gasteiger partial charge in [0, 0.05) is 18.6 Å². The maximum Gasteiger partial charge on any atom is 0.307 e. The average Bonchev–Trinajstić information content (AvgIpc) is 2.52. The van der Waals surface area contributed by atoms with Gasteiger partial charge in [-0.1, -0.05) is 0 Å². The van der Waals surface area contributed by atoms with E-state index in [9.17, 15) is 4.79 Å². The second-order valence-corrected chi connectivity index (χ2v) is 5.69. The van der Waals surface area contributed by atoms with E-state index in [1.54, 1.807) is 0 Å². The van der Waals surface area contributed by atoms with Crippen molar-refractivity contribution >= 4 is 5.97 Å². The largest absolute Gasteiger partial charge is 0.462 e. The van der Waals surface area contributed by atoms with Crippen LogP contribution >= 0.6 is 0 Å². The number of fused-ring (bicyclic) bond motifs is 2. The van der Waals surface area contributed by atoms with Crippen LogP contribution in [0.5, 0.6) is 0 Å². The van der Waals surface area contributed by atoms with E-state index in [0.717, 1.165) is 19.4 Å². The van der Waals surface area contributed by atoms with Crippen LogP contribution in [0.4, 0.5) is 0 Å². The fraction of sp³-hybridized carbons (Fsp3) is 0.923. The second-order valence-electron chi connectivity index (χ2n) is 5.69. The average molecular weight is 240 g/mol. The fourth-order valence-corrected chi connectivity index (χ4v) is 3.02. The van der Waals surface area contributed by atoms with Crippen LogP contribution in [-0.2, 0) is 9.53 Å². The van der Waals surface area contributed by atoms with E-state index < -0.39 is 0 Å². The van der Waals surface area contributed by atoms with Gasteiger partial charge in [0.1, 0.15) is 6.10 Å². The van der Waals surface area contributed by atoms with Crippen molar-refractivity contribution in [2.45, 2.75) is 50.3 Å². The number of rotatable bonds is 4. The van der Waals surface area contributed by atoms with Crippen LogP contribution in [-0.4, -0.2) is 61.6 Å². The van der Waals surface area contributed by atoms with Crippen LogP contribution in [0.3, 0.4) is 0 Å². The molecule has 0 aromatic rings. The molecule has 0 saturated carbocycles. The molecule has 0 N–H and O–H groups in total. The van der Waals surface area contributed by atoms with E-state index in [1.165, 1.54) is 12.8 Å². The number of hydrogen-bond acceptors (Lipinski definition) is 4. The van der Waals surface area contributed by atoms with E-state index in [2.05, 4.69) is 11.9 Å². The van der Waals surface area contributed by atoms with Crippen molar-refractivity contribution in [2.75, 3.05) is 27.7 Å². The topological polar surface area (TPSA) is 32.8 Å². The first-order valence-electron chi connectivity index (χ1n) is 6.62. The van der Waals surface area contributed by atoms with Crippen molar-refractivity contribution in [2.24, 2.45) is 0 Å². The predicted octanol–water partition coefficient (Wildman–Crippen LogP) is 1.11. The molecule has 2 saturated heterocycles. The Hall–Kier alpha value is -0.610. The smallest absolute Gasteiger partial charge is 0.307 e. The Labute approximate surface area is 104 Å². The lowest BCUT2D eigenvalue weighted by molar-refractivity contribution is -0.152. The van der Waals surface area contributed by atoms with Crippen molar-refractivity contribution in [3.05, 3.63) is 0 Å². The van der Waals surface area contributed by atoms with Gasteiger partial charge in [-0.2, -0.15) is 0 Å². The van der Waals surface area contributed by atoms with Gasteiger partial charge < -0.3 is 14.5 Å². The molecular weight excluding hydrogens is 216 g/mol. The monoisotopic (exact) mass is 240 g/mol. The van der Waals surface area contributed by atoms with Gasteiger partial charge >= 0.3 is 5.97 Å². The van der Waals surface area contributed by atoms with Crippen LogP contribution in [0, 0.1) is 0 Å². The predicted molar refractivity (Wildman–Crippen MR) is 66.9 cm³/mol. The van der Waals surface area contributed by atoms with Gasteiger partial charge in [-0.05, 0) is 46.8 Å². The highest BCUT2D eigenvalue weighted by atomic mass is 16.5. The third-order valence-corrected chi connectivity index (χ3v) is 4.12. The highest BCUT2D eigenvalue weighted by Crippen LogP contribution is 2.35. The summed E-state index contributed by atoms with van der Waals surface area (Å²) in [5, 5.41) is 0. The Morgan fingerprint density at radius 1 is 1.29 bits per heavy atom. The maximum absolute atomic E-state index is 11.7. The molecule has 1 unspecified atom stereocenters. The van der Waals surface area contributed by atoms with Gasteiger partial charge in [0.2, 0.25) is 0 Å². The van der Waals surface area contributed by atoms with E-state index in [1.807, 2.05) is 19.0 Å². The summed E-state index contributed by atoms with van der Waals surface area (Å²) in [6, 6.07) is 1.28. The normalized spacial score (nSPS) is 33.1. The van der Waals surface area contributed by atoms with Crippen molar-refractivity contribution < 1.29 is 9.53 Å². The molecule has 4 heteroatoms. The van der Waals surface area contributed by atoms with Gasteiger partial charge in [0.25, 0.3) is 0 Å². The quantitative estimate of drug-likeness (QED) is 0.689. The number of nitrogens with zero attached hydrogens (tertiary/aromatic N) is 2. The van der Waals surface area contributed by atoms with Crippen molar-refractivity contribution in [1.29, 1.82) is 0 Å². The molecule has 2 heterocycles. The first-order valence-corrected chi connectivity index (χ1v) is 6.62. The Morgan fingerprint density at radius 2 is 1.88 bits per heavy atom. The molecule has 2 fully saturated rings. The highest BCUT2D eigenvalue weighted by Gasteiger charge is 2.39. The highest BCUT2D eigenvalue weighted by molar-refractivity contribution is 5.69. The molecule has 0 aliphatic carbocycles. The summed E-state index contributed by atoms with van der Waals surface area (Å²) in [6.45, 7) is 0.776. The minimum Gasteiger partial charge on any atom is -0.462 e. The Kier molecular flexibility index (Phi) is 4.05. The van der Waals surface area contributed by atoms with Crippen molar-refractivity contribution in [3.63, 3.8) is 0 Å². The first kappa shape index (κ1) is 12.8. The summed E-state index contributed by atoms with van der Waals surface area (Å²) in [5.41, 5.74) is 0. The van der Waals surface area contributed by atoms with Crippen LogP contribution in [0.2, 0.25) is 0 Å². The molecular formula is C13H24N2O2. The Morgan fingerprint density at radius 3 is 2.41 bits per heavy atom. The maximum atomic E-state index is 11.7. The number of piperidine rings is 1. The zero-order valence-electron chi connectivity index (χ0n) is 11.2. The van der Waals surface area contributed by atoms with Crippen LogP contribution in [0.15, 0.2) is 0 Å². The fourth-order valence-electron chi connectivity index (χ4n) is 3.02. The number of esters is 1. The summed E-state index contributed by atoms with van der Waals surface area (Å²) in [6.07, 6.45) is 5.27. The van der Waals surface area contributed by atoms with E-state index in [-0.39, 0.29) is 12.1 Å². The van der Waals surface area contributed by atoms with E-state index in [4.69, 9.17) is 4.74 Å². The standard InChI is InChI=1S/C13H24N2O2/c1-14(2)7-6-13(16)17-12-8-10-4-5-11(9-12)15(10)3/h10-12H,4-9H2,1-3H3/t10-,11+,12?. The minimum absolute atomic E-state index is 0.0346. The van der Waals surface area contributed by atoms with Gasteiger partial charge in [-0.15, -0.1) is 0 Å². The molecule has 2 rings (SSSR count). The summed E-state index contributed by atoms with van der Waals surface area (Å²) < 4.78 is 5.58. The zero-order chi connectivity index (χ0) is 12.4. The lowest BCUT2D eigenvalue weighted by Crippen LogP contribution is -2.43. The Balaban J connectivity index is 1.75. The molecule has 2 aliphatic rings. The number of ether oxygens (including phenoxy) is 1. The van der Waals surface area contributed by atoms with E-state index >= 15 is 0 Å². The lowest BCUT2D eigenvalue weighted by Gasteiger charge is -2.35. The second kappa shape index (κ2) is 5.36. The van der Waals surface area contributed by atoms with Gasteiger partial charge in [-0.3, -0.25) is 4.79 Å². The number of carbonyl (C=O) groups excluding carboxylic acids is 1. The summed E-state index contributed by atoms with van der Waals surface area (Å²) in [7, 11) is 6.15. The SMILES string of the molecule is CN(C)CCC(=O)OC1C[C@H]2CC[C@@H](C1)N2C. The summed E-state index contributed by atoms with van der Waals surface area (Å²) in [4.78, 5) is 16.1. The van der Waals surface area contributed by atoms with E-state index in [0.29, 0.717) is 18.5 Å². The first-order chi connectivity index (χ1) is 8.06. The molecule has 17 heavy (non-hydrogen) atoms. The van der Waals surface area contributed by atoms with Crippen LogP contribution < -0.4 is 0 Å². The molecule has 0 aromatic carbocycles. The van der Waals surface area contributed by atoms with Crippen molar-refractivity contribution in [3.8, 4) is 0 Å². The Bertz CT molecular complexity index is 267. The van der Waals surface area contributed by atoms with Gasteiger partial charge in [0.15, 0.2) is 0 Å². The van der Waals surface area contributed by atoms with Gasteiger partial charge in [0.05, 0.1) is 6.42 Å². The molecule has 0 radical (unpaired) electrons. The third-order valence-electron chi connectivity index (χ3n) is 4.12.